The summed E-state index contributed by atoms with van der Waals surface area (Å²) in [4.78, 5) is 58.7. The van der Waals surface area contributed by atoms with E-state index in [0.29, 0.717) is 28.3 Å². The van der Waals surface area contributed by atoms with Crippen LogP contribution >= 0.6 is 24.4 Å². The largest absolute Gasteiger partial charge is 0.480 e. The molecule has 12 heteroatoms. The molecule has 1 aliphatic heterocycles. The second kappa shape index (κ2) is 13.4. The number of carbonyl (C=O) groups is 4. The zero-order valence-electron chi connectivity index (χ0n) is 21.1. The van der Waals surface area contributed by atoms with Crippen LogP contribution in [0.25, 0.3) is 0 Å². The van der Waals surface area contributed by atoms with Crippen molar-refractivity contribution in [3.05, 3.63) is 65.7 Å². The Hall–Kier alpha value is -3.35. The number of fused-ring (bicyclic) bond motifs is 1. The fourth-order valence-electron chi connectivity index (χ4n) is 3.99. The minimum absolute atomic E-state index is 0.0678. The number of nitrogens with one attached hydrogen (secondary N) is 1. The maximum absolute atomic E-state index is 13.9. The van der Waals surface area contributed by atoms with E-state index in [-0.39, 0.29) is 12.2 Å². The van der Waals surface area contributed by atoms with Gasteiger partial charge in [-0.15, -0.1) is 0 Å². The van der Waals surface area contributed by atoms with Crippen LogP contribution in [0.2, 0.25) is 0 Å². The monoisotopic (exact) mass is 557 g/mol. The number of hydrogen-bond acceptors (Lipinski definition) is 8. The average molecular weight is 558 g/mol. The van der Waals surface area contributed by atoms with E-state index in [1.807, 2.05) is 36.6 Å². The lowest BCUT2D eigenvalue weighted by Crippen LogP contribution is -2.55. The number of carboxylic acids is 1. The number of amides is 3. The van der Waals surface area contributed by atoms with Crippen molar-refractivity contribution in [2.75, 3.05) is 36.3 Å². The van der Waals surface area contributed by atoms with Crippen molar-refractivity contribution >= 4 is 59.5 Å². The fraction of sp³-hybridized carbons (Fsp3) is 0.346. The van der Waals surface area contributed by atoms with Gasteiger partial charge in [0.15, 0.2) is 0 Å². The Kier molecular flexibility index (Phi) is 10.3. The number of benzene rings is 2. The first-order valence-corrected chi connectivity index (χ1v) is 13.9. The van der Waals surface area contributed by atoms with Gasteiger partial charge >= 0.3 is 5.97 Å². The first kappa shape index (κ1) is 29.2. The Labute approximate surface area is 231 Å². The number of aliphatic carboxylic acids is 1. The summed E-state index contributed by atoms with van der Waals surface area (Å²) < 4.78 is 0. The van der Waals surface area contributed by atoms with Gasteiger partial charge in [0.25, 0.3) is 5.91 Å². The number of aliphatic imine (C=N–C) groups is 1. The van der Waals surface area contributed by atoms with Gasteiger partial charge in [-0.3, -0.25) is 19.3 Å². The summed E-state index contributed by atoms with van der Waals surface area (Å²) in [5.41, 5.74) is 8.08. The molecule has 202 valence electrons. The number of thioether (sulfide) groups is 1. The maximum Gasteiger partial charge on any atom is 0.326 e. The number of rotatable bonds is 11. The number of hydrogen-bond donors (Lipinski definition) is 4. The molecule has 4 N–H and O–H groups in total. The number of benzodiazepines with no additional fused rings is 1. The smallest absolute Gasteiger partial charge is 0.326 e. The van der Waals surface area contributed by atoms with Crippen molar-refractivity contribution in [3.63, 3.8) is 0 Å². The van der Waals surface area contributed by atoms with Crippen LogP contribution in [0.1, 0.15) is 17.5 Å². The molecule has 0 aliphatic carbocycles. The number of anilines is 1. The van der Waals surface area contributed by atoms with E-state index in [9.17, 15) is 24.3 Å². The first-order valence-electron chi connectivity index (χ1n) is 11.9. The molecule has 0 radical (unpaired) electrons. The average Bonchev–Trinajstić information content (AvgIpc) is 3.04. The van der Waals surface area contributed by atoms with Gasteiger partial charge in [-0.2, -0.15) is 24.4 Å². The normalized spacial score (nSPS) is 16.5. The quantitative estimate of drug-likeness (QED) is 0.304. The Bertz CT molecular complexity index is 1210. The van der Waals surface area contributed by atoms with Crippen LogP contribution in [-0.4, -0.2) is 89.0 Å². The molecule has 0 spiro atoms. The van der Waals surface area contributed by atoms with E-state index in [2.05, 4.69) is 17.9 Å². The zero-order valence-corrected chi connectivity index (χ0v) is 22.8. The molecule has 0 saturated heterocycles. The summed E-state index contributed by atoms with van der Waals surface area (Å²) in [6, 6.07) is 14.1. The summed E-state index contributed by atoms with van der Waals surface area (Å²) in [7, 11) is 1.43. The summed E-state index contributed by atoms with van der Waals surface area (Å²) in [6.45, 7) is -0.465. The summed E-state index contributed by atoms with van der Waals surface area (Å²) >= 11 is 5.57. The molecule has 0 bridgehead atoms. The number of carbonyl (C=O) groups excluding carboxylic acids is 3. The lowest BCUT2D eigenvalue weighted by molar-refractivity contribution is -0.142. The first-order chi connectivity index (χ1) is 18.2. The molecule has 1 unspecified atom stereocenters. The van der Waals surface area contributed by atoms with Crippen LogP contribution in [0.3, 0.4) is 0 Å². The van der Waals surface area contributed by atoms with Gasteiger partial charge < -0.3 is 21.1 Å². The maximum atomic E-state index is 13.9. The fourth-order valence-corrected chi connectivity index (χ4v) is 4.62. The molecule has 2 aromatic carbocycles. The second-order valence-corrected chi connectivity index (χ2v) is 9.99. The van der Waals surface area contributed by atoms with Crippen molar-refractivity contribution in [1.82, 2.24) is 10.2 Å². The highest BCUT2D eigenvalue weighted by Gasteiger charge is 2.38. The van der Waals surface area contributed by atoms with Crippen molar-refractivity contribution < 1.29 is 24.3 Å². The third kappa shape index (κ3) is 6.74. The minimum atomic E-state index is -1.32. The van der Waals surface area contributed by atoms with Gasteiger partial charge in [-0.05, 0) is 24.5 Å². The van der Waals surface area contributed by atoms with Gasteiger partial charge in [0, 0.05) is 23.9 Å². The lowest BCUT2D eigenvalue weighted by Gasteiger charge is -2.30. The van der Waals surface area contributed by atoms with E-state index in [1.54, 1.807) is 24.3 Å². The molecule has 1 aliphatic rings. The standard InChI is InChI=1S/C26H31N5O5S2/c1-30(24(33)18(27)15-37)23-25(34)31(14-21(32)28-19(26(35)36)12-13-38-2)20-11-7-6-10-17(20)22(29-23)16-8-4-3-5-9-16/h3-11,18-19,23,37H,12-15,27H2,1-2H3,(H,28,32)(H,35,36)/t18-,19-,23?/m0/s1. The van der Waals surface area contributed by atoms with E-state index in [0.717, 1.165) is 4.90 Å². The Morgan fingerprint density at radius 3 is 2.47 bits per heavy atom. The number of likely N-dealkylation sites (N-methyl/N-ethyl adjacent to an activating group) is 1. The zero-order chi connectivity index (χ0) is 27.8. The molecular formula is C26H31N5O5S2. The Morgan fingerprint density at radius 1 is 1.18 bits per heavy atom. The molecule has 0 fully saturated rings. The highest BCUT2D eigenvalue weighted by molar-refractivity contribution is 7.98. The number of para-hydroxylation sites is 1. The third-order valence-electron chi connectivity index (χ3n) is 6.01. The Morgan fingerprint density at radius 2 is 1.84 bits per heavy atom. The van der Waals surface area contributed by atoms with Crippen LogP contribution < -0.4 is 16.0 Å². The van der Waals surface area contributed by atoms with E-state index in [1.165, 1.54) is 23.7 Å². The van der Waals surface area contributed by atoms with Crippen molar-refractivity contribution in [1.29, 1.82) is 0 Å². The number of thiol groups is 1. The van der Waals surface area contributed by atoms with Gasteiger partial charge in [-0.25, -0.2) is 9.79 Å². The van der Waals surface area contributed by atoms with Crippen molar-refractivity contribution in [3.8, 4) is 0 Å². The second-order valence-electron chi connectivity index (χ2n) is 8.64. The van der Waals surface area contributed by atoms with Crippen LogP contribution in [0.4, 0.5) is 5.69 Å². The SMILES string of the molecule is CSCC[C@H](NC(=O)CN1C(=O)C(N(C)C(=O)[C@@H](N)CS)N=C(c2ccccc2)c2ccccc21)C(=O)O. The van der Waals surface area contributed by atoms with E-state index < -0.39 is 48.5 Å². The summed E-state index contributed by atoms with van der Waals surface area (Å²) in [6.07, 6.45) is 0.751. The molecular weight excluding hydrogens is 526 g/mol. The van der Waals surface area contributed by atoms with Crippen LogP contribution in [0, 0.1) is 0 Å². The number of nitrogens with zero attached hydrogens (tertiary/aromatic N) is 3. The summed E-state index contributed by atoms with van der Waals surface area (Å²) in [5, 5.41) is 12.1. The van der Waals surface area contributed by atoms with Gasteiger partial charge in [-0.1, -0.05) is 48.5 Å². The van der Waals surface area contributed by atoms with Crippen LogP contribution in [0.5, 0.6) is 0 Å². The van der Waals surface area contributed by atoms with Crippen molar-refractivity contribution in [2.24, 2.45) is 10.7 Å². The van der Waals surface area contributed by atoms with Crippen LogP contribution in [-0.2, 0) is 19.2 Å². The number of carboxylic acid groups (broad SMARTS) is 1. The lowest BCUT2D eigenvalue weighted by atomic mass is 10.0. The topological polar surface area (TPSA) is 145 Å². The molecule has 0 saturated carbocycles. The molecule has 1 heterocycles. The highest BCUT2D eigenvalue weighted by Crippen LogP contribution is 2.29. The van der Waals surface area contributed by atoms with Gasteiger partial charge in [0.2, 0.25) is 18.0 Å². The predicted molar refractivity (Wildman–Crippen MR) is 152 cm³/mol. The highest BCUT2D eigenvalue weighted by atomic mass is 32.2. The molecule has 3 rings (SSSR count). The minimum Gasteiger partial charge on any atom is -0.480 e. The molecule has 3 atom stereocenters. The van der Waals surface area contributed by atoms with E-state index >= 15 is 0 Å². The van der Waals surface area contributed by atoms with Crippen molar-refractivity contribution in [2.45, 2.75) is 24.7 Å². The molecule has 3 amide bonds. The van der Waals surface area contributed by atoms with E-state index in [4.69, 9.17) is 10.7 Å². The van der Waals surface area contributed by atoms with Crippen LogP contribution in [0.15, 0.2) is 59.6 Å². The summed E-state index contributed by atoms with van der Waals surface area (Å²) in [5.74, 6) is -2.36. The predicted octanol–water partition coefficient (Wildman–Crippen LogP) is 1.23. The van der Waals surface area contributed by atoms with Gasteiger partial charge in [0.1, 0.15) is 12.6 Å². The Balaban J connectivity index is 2.07. The molecule has 38 heavy (non-hydrogen) atoms. The van der Waals surface area contributed by atoms with Gasteiger partial charge in [0.05, 0.1) is 17.4 Å². The third-order valence-corrected chi connectivity index (χ3v) is 7.05. The molecule has 10 nitrogen and oxygen atoms in total. The molecule has 2 aromatic rings. The molecule has 0 aromatic heterocycles. The number of nitrogens with two attached hydrogens (primary N) is 1.